The molecule has 0 aliphatic carbocycles. The average molecular weight is 323 g/mol. The number of benzene rings is 2. The van der Waals surface area contributed by atoms with Gasteiger partial charge in [0.05, 0.1) is 17.2 Å². The first-order valence-electron chi connectivity index (χ1n) is 6.08. The van der Waals surface area contributed by atoms with E-state index in [0.717, 1.165) is 5.56 Å². The van der Waals surface area contributed by atoms with Crippen molar-refractivity contribution in [2.24, 2.45) is 0 Å². The molecule has 0 radical (unpaired) electrons. The van der Waals surface area contributed by atoms with Gasteiger partial charge in [-0.1, -0.05) is 41.4 Å². The number of carbonyl (C=O) groups excluding carboxylic acids is 1. The standard InChI is InChI=1S/C16H12Cl2O3/c1-20-15-5-3-2-4-11(15)6-9-16(19)21-12-7-8-13(17)14(18)10-12/h2-10H,1H3. The predicted molar refractivity (Wildman–Crippen MR) is 84.1 cm³/mol. The molecule has 2 rings (SSSR count). The average Bonchev–Trinajstić information content (AvgIpc) is 2.49. The maximum Gasteiger partial charge on any atom is 0.336 e. The van der Waals surface area contributed by atoms with Crippen LogP contribution in [0.15, 0.2) is 48.5 Å². The molecule has 108 valence electrons. The molecule has 21 heavy (non-hydrogen) atoms. The summed E-state index contributed by atoms with van der Waals surface area (Å²) in [4.78, 5) is 11.8. The maximum atomic E-state index is 11.8. The van der Waals surface area contributed by atoms with Crippen molar-refractivity contribution >= 4 is 35.2 Å². The molecular formula is C16H12Cl2O3. The number of methoxy groups -OCH3 is 1. The normalized spacial score (nSPS) is 10.6. The Balaban J connectivity index is 2.07. The highest BCUT2D eigenvalue weighted by molar-refractivity contribution is 6.42. The first-order valence-corrected chi connectivity index (χ1v) is 6.83. The molecule has 3 nitrogen and oxygen atoms in total. The van der Waals surface area contributed by atoms with E-state index in [0.29, 0.717) is 21.5 Å². The van der Waals surface area contributed by atoms with Crippen LogP contribution in [0.4, 0.5) is 0 Å². The Morgan fingerprint density at radius 3 is 2.57 bits per heavy atom. The molecular weight excluding hydrogens is 311 g/mol. The van der Waals surface area contributed by atoms with E-state index in [4.69, 9.17) is 32.7 Å². The topological polar surface area (TPSA) is 35.5 Å². The van der Waals surface area contributed by atoms with Crippen molar-refractivity contribution < 1.29 is 14.3 Å². The van der Waals surface area contributed by atoms with Crippen LogP contribution in [0.5, 0.6) is 11.5 Å². The Kier molecular flexibility index (Phi) is 5.26. The van der Waals surface area contributed by atoms with Gasteiger partial charge in [-0.15, -0.1) is 0 Å². The van der Waals surface area contributed by atoms with Gasteiger partial charge in [-0.3, -0.25) is 0 Å². The van der Waals surface area contributed by atoms with Gasteiger partial charge in [-0.05, 0) is 24.3 Å². The highest BCUT2D eigenvalue weighted by Gasteiger charge is 2.04. The summed E-state index contributed by atoms with van der Waals surface area (Å²) in [6.45, 7) is 0. The number of hydrogen-bond donors (Lipinski definition) is 0. The number of ether oxygens (including phenoxy) is 2. The second-order valence-corrected chi connectivity index (χ2v) is 4.89. The zero-order chi connectivity index (χ0) is 15.2. The van der Waals surface area contributed by atoms with E-state index < -0.39 is 5.97 Å². The summed E-state index contributed by atoms with van der Waals surface area (Å²) in [7, 11) is 1.57. The van der Waals surface area contributed by atoms with Crippen LogP contribution in [0.25, 0.3) is 6.08 Å². The lowest BCUT2D eigenvalue weighted by Gasteiger charge is -2.04. The summed E-state index contributed by atoms with van der Waals surface area (Å²) in [5, 5.41) is 0.733. The molecule has 0 N–H and O–H groups in total. The third-order valence-corrected chi connectivity index (χ3v) is 3.39. The monoisotopic (exact) mass is 322 g/mol. The first-order chi connectivity index (χ1) is 10.1. The number of carbonyl (C=O) groups is 1. The second kappa shape index (κ2) is 7.16. The van der Waals surface area contributed by atoms with Gasteiger partial charge >= 0.3 is 5.97 Å². The van der Waals surface area contributed by atoms with E-state index in [9.17, 15) is 4.79 Å². The fourth-order valence-electron chi connectivity index (χ4n) is 1.65. The zero-order valence-electron chi connectivity index (χ0n) is 11.2. The van der Waals surface area contributed by atoms with Gasteiger partial charge in [0.1, 0.15) is 11.5 Å². The first kappa shape index (κ1) is 15.4. The highest BCUT2D eigenvalue weighted by Crippen LogP contribution is 2.26. The van der Waals surface area contributed by atoms with E-state index in [-0.39, 0.29) is 0 Å². The van der Waals surface area contributed by atoms with Crippen molar-refractivity contribution in [2.75, 3.05) is 7.11 Å². The quantitative estimate of drug-likeness (QED) is 0.468. The summed E-state index contributed by atoms with van der Waals surface area (Å²) in [6.07, 6.45) is 2.94. The van der Waals surface area contributed by atoms with Gasteiger partial charge in [-0.2, -0.15) is 0 Å². The molecule has 0 spiro atoms. The van der Waals surface area contributed by atoms with Crippen LogP contribution < -0.4 is 9.47 Å². The fraction of sp³-hybridized carbons (Fsp3) is 0.0625. The number of esters is 1. The molecule has 0 aliphatic rings. The summed E-state index contributed by atoms with van der Waals surface area (Å²) in [6, 6.07) is 12.0. The van der Waals surface area contributed by atoms with Crippen LogP contribution >= 0.6 is 23.2 Å². The van der Waals surface area contributed by atoms with Gasteiger partial charge in [0, 0.05) is 17.7 Å². The number of hydrogen-bond acceptors (Lipinski definition) is 3. The summed E-state index contributed by atoms with van der Waals surface area (Å²) < 4.78 is 10.3. The number of rotatable bonds is 4. The van der Waals surface area contributed by atoms with Crippen molar-refractivity contribution in [3.8, 4) is 11.5 Å². The lowest BCUT2D eigenvalue weighted by molar-refractivity contribution is -0.128. The minimum atomic E-state index is -0.515. The number of para-hydroxylation sites is 1. The Bertz CT molecular complexity index is 681. The van der Waals surface area contributed by atoms with Gasteiger partial charge in [0.15, 0.2) is 0 Å². The van der Waals surface area contributed by atoms with Gasteiger partial charge in [0.25, 0.3) is 0 Å². The molecule has 0 saturated heterocycles. The van der Waals surface area contributed by atoms with Gasteiger partial charge in [-0.25, -0.2) is 4.79 Å². The van der Waals surface area contributed by atoms with Crippen molar-refractivity contribution in [3.63, 3.8) is 0 Å². The molecule has 0 heterocycles. The van der Waals surface area contributed by atoms with Crippen molar-refractivity contribution in [1.29, 1.82) is 0 Å². The minimum Gasteiger partial charge on any atom is -0.496 e. The smallest absolute Gasteiger partial charge is 0.336 e. The van der Waals surface area contributed by atoms with Crippen LogP contribution in [0.1, 0.15) is 5.56 Å². The summed E-state index contributed by atoms with van der Waals surface area (Å²) >= 11 is 11.6. The maximum absolute atomic E-state index is 11.8. The van der Waals surface area contributed by atoms with Crippen LogP contribution in [0, 0.1) is 0 Å². The summed E-state index contributed by atoms with van der Waals surface area (Å²) in [5.74, 6) is 0.495. The van der Waals surface area contributed by atoms with Crippen LogP contribution in [-0.2, 0) is 4.79 Å². The van der Waals surface area contributed by atoms with E-state index >= 15 is 0 Å². The third-order valence-electron chi connectivity index (χ3n) is 2.65. The summed E-state index contributed by atoms with van der Waals surface area (Å²) in [5.41, 5.74) is 0.783. The molecule has 0 atom stereocenters. The van der Waals surface area contributed by atoms with Gasteiger partial charge in [0.2, 0.25) is 0 Å². The Morgan fingerprint density at radius 2 is 1.86 bits per heavy atom. The van der Waals surface area contributed by atoms with Crippen LogP contribution in [0.2, 0.25) is 10.0 Å². The van der Waals surface area contributed by atoms with E-state index in [1.54, 1.807) is 25.3 Å². The lowest BCUT2D eigenvalue weighted by Crippen LogP contribution is -2.03. The fourth-order valence-corrected chi connectivity index (χ4v) is 1.94. The predicted octanol–water partition coefficient (Wildman–Crippen LogP) is 4.62. The molecule has 0 unspecified atom stereocenters. The molecule has 0 saturated carbocycles. The molecule has 2 aromatic rings. The Morgan fingerprint density at radius 1 is 1.10 bits per heavy atom. The SMILES string of the molecule is COc1ccccc1C=CC(=O)Oc1ccc(Cl)c(Cl)c1. The van der Waals surface area contributed by atoms with Crippen molar-refractivity contribution in [3.05, 3.63) is 64.1 Å². The second-order valence-electron chi connectivity index (χ2n) is 4.07. The number of halogens is 2. The van der Waals surface area contributed by atoms with Gasteiger partial charge < -0.3 is 9.47 Å². The molecule has 0 bridgehead atoms. The molecule has 5 heteroatoms. The largest absolute Gasteiger partial charge is 0.496 e. The third kappa shape index (κ3) is 4.25. The van der Waals surface area contributed by atoms with Crippen molar-refractivity contribution in [1.82, 2.24) is 0 Å². The molecule has 0 aliphatic heterocycles. The molecule has 0 amide bonds. The van der Waals surface area contributed by atoms with Crippen LogP contribution in [-0.4, -0.2) is 13.1 Å². The Labute approximate surface area is 132 Å². The zero-order valence-corrected chi connectivity index (χ0v) is 12.7. The highest BCUT2D eigenvalue weighted by atomic mass is 35.5. The minimum absolute atomic E-state index is 0.329. The molecule has 0 aromatic heterocycles. The van der Waals surface area contributed by atoms with Crippen molar-refractivity contribution in [2.45, 2.75) is 0 Å². The van der Waals surface area contributed by atoms with E-state index in [1.165, 1.54) is 12.1 Å². The Hall–Kier alpha value is -1.97. The molecule has 0 fully saturated rings. The molecule has 2 aromatic carbocycles. The lowest BCUT2D eigenvalue weighted by atomic mass is 10.2. The van der Waals surface area contributed by atoms with E-state index in [1.807, 2.05) is 24.3 Å². The van der Waals surface area contributed by atoms with E-state index in [2.05, 4.69) is 0 Å². The van der Waals surface area contributed by atoms with Crippen LogP contribution in [0.3, 0.4) is 0 Å².